The summed E-state index contributed by atoms with van der Waals surface area (Å²) >= 11 is 0. The van der Waals surface area contributed by atoms with Gasteiger partial charge in [0, 0.05) is 31.7 Å². The Hall–Kier alpha value is -1.59. The van der Waals surface area contributed by atoms with E-state index in [0.717, 1.165) is 37.6 Å². The molecule has 0 amide bonds. The monoisotopic (exact) mass is 288 g/mol. The molecule has 3 rings (SSSR count). The van der Waals surface area contributed by atoms with Gasteiger partial charge in [0.05, 0.1) is 17.9 Å². The zero-order valence-electron chi connectivity index (χ0n) is 13.0. The molecule has 0 saturated carbocycles. The van der Waals surface area contributed by atoms with Gasteiger partial charge in [-0.3, -0.25) is 0 Å². The van der Waals surface area contributed by atoms with Gasteiger partial charge in [0.1, 0.15) is 5.65 Å². The predicted molar refractivity (Wildman–Crippen MR) is 84.8 cm³/mol. The number of nitrogens with zero attached hydrogens (tertiary/aromatic N) is 3. The van der Waals surface area contributed by atoms with Gasteiger partial charge >= 0.3 is 0 Å². The molecule has 1 fully saturated rings. The normalized spacial score (nSPS) is 19.9. The first kappa shape index (κ1) is 14.4. The lowest BCUT2D eigenvalue weighted by Gasteiger charge is -2.38. The Morgan fingerprint density at radius 2 is 2.24 bits per heavy atom. The van der Waals surface area contributed by atoms with Crippen molar-refractivity contribution >= 4 is 11.5 Å². The smallest absolute Gasteiger partial charge is 0.151 e. The van der Waals surface area contributed by atoms with Gasteiger partial charge < -0.3 is 19.8 Å². The molecule has 0 spiro atoms. The average molecular weight is 288 g/mol. The molecule has 2 N–H and O–H groups in total. The summed E-state index contributed by atoms with van der Waals surface area (Å²) < 4.78 is 7.97. The number of hydrogen-bond donors (Lipinski definition) is 1. The Bertz CT molecular complexity index is 632. The molecule has 1 unspecified atom stereocenters. The van der Waals surface area contributed by atoms with E-state index in [-0.39, 0.29) is 11.6 Å². The van der Waals surface area contributed by atoms with E-state index < -0.39 is 0 Å². The van der Waals surface area contributed by atoms with Gasteiger partial charge in [0.25, 0.3) is 0 Å². The van der Waals surface area contributed by atoms with Crippen LogP contribution in [0.2, 0.25) is 0 Å². The molecule has 1 saturated heterocycles. The van der Waals surface area contributed by atoms with Gasteiger partial charge in [-0.15, -0.1) is 0 Å². The van der Waals surface area contributed by atoms with Crippen molar-refractivity contribution < 1.29 is 4.74 Å². The van der Waals surface area contributed by atoms with E-state index in [0.29, 0.717) is 0 Å². The van der Waals surface area contributed by atoms with E-state index >= 15 is 0 Å². The van der Waals surface area contributed by atoms with Crippen LogP contribution >= 0.6 is 0 Å². The number of hydrogen-bond acceptors (Lipinski definition) is 4. The van der Waals surface area contributed by atoms with Crippen LogP contribution in [-0.4, -0.2) is 40.7 Å². The summed E-state index contributed by atoms with van der Waals surface area (Å²) in [4.78, 5) is 7.16. The zero-order valence-corrected chi connectivity index (χ0v) is 13.0. The van der Waals surface area contributed by atoms with Crippen molar-refractivity contribution in [1.29, 1.82) is 0 Å². The van der Waals surface area contributed by atoms with Crippen LogP contribution in [0.15, 0.2) is 24.4 Å². The molecule has 3 heterocycles. The molecule has 0 aromatic carbocycles. The van der Waals surface area contributed by atoms with Gasteiger partial charge in [0.15, 0.2) is 5.82 Å². The lowest BCUT2D eigenvalue weighted by atomic mass is 10.1. The van der Waals surface area contributed by atoms with Crippen molar-refractivity contribution in [1.82, 2.24) is 9.38 Å². The number of rotatable bonds is 3. The summed E-state index contributed by atoms with van der Waals surface area (Å²) in [5.41, 5.74) is 8.07. The maximum atomic E-state index is 6.04. The first-order valence-corrected chi connectivity index (χ1v) is 7.57. The van der Waals surface area contributed by atoms with Gasteiger partial charge in [-0.25, -0.2) is 4.98 Å². The molecule has 2 aromatic rings. The first-order chi connectivity index (χ1) is 9.96. The first-order valence-electron chi connectivity index (χ1n) is 7.57. The molecule has 5 nitrogen and oxygen atoms in total. The Kier molecular flexibility index (Phi) is 3.63. The minimum absolute atomic E-state index is 0.109. The number of morpholine rings is 1. The van der Waals surface area contributed by atoms with Gasteiger partial charge in [-0.05, 0) is 32.9 Å². The summed E-state index contributed by atoms with van der Waals surface area (Å²) in [6.07, 6.45) is 2.88. The average Bonchev–Trinajstić information content (AvgIpc) is 2.76. The summed E-state index contributed by atoms with van der Waals surface area (Å²) in [6, 6.07) is 6.20. The van der Waals surface area contributed by atoms with Crippen LogP contribution in [0.4, 0.5) is 5.82 Å². The van der Waals surface area contributed by atoms with Crippen LogP contribution in [0.1, 0.15) is 26.5 Å². The standard InChI is InChI=1S/C16H24N4O/c1-12(17)10-13-15(18-14-6-4-5-7-20(13)14)19-8-9-21-16(2,3)11-19/h4-7,12H,8-11,17H2,1-3H3. The molecule has 5 heteroatoms. The van der Waals surface area contributed by atoms with Crippen molar-refractivity contribution in [2.24, 2.45) is 5.73 Å². The Labute approximate surface area is 125 Å². The number of pyridine rings is 1. The van der Waals surface area contributed by atoms with Crippen LogP contribution in [0, 0.1) is 0 Å². The summed E-state index contributed by atoms with van der Waals surface area (Å²) in [5.74, 6) is 1.05. The SMILES string of the molecule is CC(N)Cc1c(N2CCOC(C)(C)C2)nc2ccccn12. The third kappa shape index (κ3) is 2.89. The zero-order chi connectivity index (χ0) is 15.0. The second-order valence-electron chi connectivity index (χ2n) is 6.52. The number of anilines is 1. The Morgan fingerprint density at radius 1 is 1.43 bits per heavy atom. The van der Waals surface area contributed by atoms with Crippen molar-refractivity contribution in [2.75, 3.05) is 24.6 Å². The maximum Gasteiger partial charge on any atom is 0.151 e. The molecule has 0 radical (unpaired) electrons. The summed E-state index contributed by atoms with van der Waals surface area (Å²) in [6.45, 7) is 8.75. The lowest BCUT2D eigenvalue weighted by molar-refractivity contribution is -0.0279. The van der Waals surface area contributed by atoms with Crippen LogP contribution in [0.25, 0.3) is 5.65 Å². The topological polar surface area (TPSA) is 55.8 Å². The molecular formula is C16H24N4O. The van der Waals surface area contributed by atoms with E-state index in [4.69, 9.17) is 15.5 Å². The van der Waals surface area contributed by atoms with E-state index in [1.807, 2.05) is 25.1 Å². The Morgan fingerprint density at radius 3 is 2.95 bits per heavy atom. The van der Waals surface area contributed by atoms with Gasteiger partial charge in [-0.2, -0.15) is 0 Å². The van der Waals surface area contributed by atoms with Gasteiger partial charge in [0.2, 0.25) is 0 Å². The molecule has 0 bridgehead atoms. The summed E-state index contributed by atoms with van der Waals surface area (Å²) in [7, 11) is 0. The lowest BCUT2D eigenvalue weighted by Crippen LogP contribution is -2.48. The van der Waals surface area contributed by atoms with Crippen molar-refractivity contribution in [3.63, 3.8) is 0 Å². The number of nitrogens with two attached hydrogens (primary N) is 1. The fourth-order valence-corrected chi connectivity index (χ4v) is 2.98. The number of aromatic nitrogens is 2. The number of ether oxygens (including phenoxy) is 1. The van der Waals surface area contributed by atoms with Crippen LogP contribution < -0.4 is 10.6 Å². The third-order valence-electron chi connectivity index (χ3n) is 3.85. The third-order valence-corrected chi connectivity index (χ3v) is 3.85. The second-order valence-corrected chi connectivity index (χ2v) is 6.52. The van der Waals surface area contributed by atoms with Crippen LogP contribution in [0.5, 0.6) is 0 Å². The fourth-order valence-electron chi connectivity index (χ4n) is 2.98. The fraction of sp³-hybridized carbons (Fsp3) is 0.562. The Balaban J connectivity index is 2.04. The van der Waals surface area contributed by atoms with E-state index in [1.165, 1.54) is 5.69 Å². The van der Waals surface area contributed by atoms with Crippen molar-refractivity contribution in [3.05, 3.63) is 30.1 Å². The van der Waals surface area contributed by atoms with E-state index in [1.54, 1.807) is 0 Å². The molecule has 114 valence electrons. The number of fused-ring (bicyclic) bond motifs is 1. The molecule has 21 heavy (non-hydrogen) atoms. The molecular weight excluding hydrogens is 264 g/mol. The highest BCUT2D eigenvalue weighted by molar-refractivity contribution is 5.56. The highest BCUT2D eigenvalue weighted by Gasteiger charge is 2.30. The molecule has 1 atom stereocenters. The largest absolute Gasteiger partial charge is 0.372 e. The van der Waals surface area contributed by atoms with E-state index in [9.17, 15) is 0 Å². The predicted octanol–water partition coefficient (Wildman–Crippen LogP) is 1.84. The molecule has 0 aliphatic carbocycles. The summed E-state index contributed by atoms with van der Waals surface area (Å²) in [5, 5.41) is 0. The van der Waals surface area contributed by atoms with Crippen LogP contribution in [-0.2, 0) is 11.2 Å². The van der Waals surface area contributed by atoms with Gasteiger partial charge in [-0.1, -0.05) is 6.07 Å². The maximum absolute atomic E-state index is 6.04. The minimum atomic E-state index is -0.139. The van der Waals surface area contributed by atoms with Crippen LogP contribution in [0.3, 0.4) is 0 Å². The quantitative estimate of drug-likeness (QED) is 0.936. The second kappa shape index (κ2) is 5.31. The van der Waals surface area contributed by atoms with Crippen molar-refractivity contribution in [3.8, 4) is 0 Å². The highest BCUT2D eigenvalue weighted by atomic mass is 16.5. The highest BCUT2D eigenvalue weighted by Crippen LogP contribution is 2.27. The molecule has 1 aliphatic heterocycles. The molecule has 1 aliphatic rings. The van der Waals surface area contributed by atoms with E-state index in [2.05, 4.69) is 29.3 Å². The minimum Gasteiger partial charge on any atom is -0.372 e. The molecule has 2 aromatic heterocycles. The number of imidazole rings is 1. The van der Waals surface area contributed by atoms with Crippen molar-refractivity contribution in [2.45, 2.75) is 38.8 Å².